The Morgan fingerprint density at radius 3 is 2.81 bits per heavy atom. The van der Waals surface area contributed by atoms with Crippen LogP contribution in [-0.2, 0) is 6.42 Å². The summed E-state index contributed by atoms with van der Waals surface area (Å²) in [7, 11) is 0. The van der Waals surface area contributed by atoms with Crippen LogP contribution in [-0.4, -0.2) is 11.6 Å². The number of aryl methyl sites for hydroxylation is 1. The highest BCUT2D eigenvalue weighted by Gasteiger charge is 2.48. The Kier molecular flexibility index (Phi) is 2.84. The van der Waals surface area contributed by atoms with Gasteiger partial charge in [-0.05, 0) is 49.4 Å². The molecule has 1 heterocycles. The third-order valence-corrected chi connectivity index (χ3v) is 3.44. The molecule has 0 bridgehead atoms. The number of nitrogens with two attached hydrogens (primary N) is 1. The first-order chi connectivity index (χ1) is 7.17. The molecule has 0 radical (unpaired) electrons. The molecule has 3 rings (SSSR count). The number of ether oxygens (including phenoxy) is 1. The van der Waals surface area contributed by atoms with Crippen molar-refractivity contribution in [3.8, 4) is 5.75 Å². The summed E-state index contributed by atoms with van der Waals surface area (Å²) in [5.41, 5.74) is 6.97. The van der Waals surface area contributed by atoms with Gasteiger partial charge in [-0.25, -0.2) is 4.39 Å². The Morgan fingerprint density at radius 1 is 1.38 bits per heavy atom. The van der Waals surface area contributed by atoms with Crippen LogP contribution in [0.1, 0.15) is 24.8 Å². The number of hydrogen-bond donors (Lipinski definition) is 1. The van der Waals surface area contributed by atoms with Crippen LogP contribution >= 0.6 is 12.4 Å². The highest BCUT2D eigenvalue weighted by molar-refractivity contribution is 5.85. The molecule has 0 spiro atoms. The van der Waals surface area contributed by atoms with E-state index in [4.69, 9.17) is 10.5 Å². The van der Waals surface area contributed by atoms with E-state index < -0.39 is 0 Å². The molecular formula is C12H15ClFNO. The lowest BCUT2D eigenvalue weighted by Gasteiger charge is -2.30. The average Bonchev–Trinajstić information content (AvgIpc) is 2.97. The summed E-state index contributed by atoms with van der Waals surface area (Å²) < 4.78 is 18.8. The van der Waals surface area contributed by atoms with Crippen molar-refractivity contribution in [2.75, 3.05) is 0 Å². The molecule has 2 nitrogen and oxygen atoms in total. The first kappa shape index (κ1) is 11.7. The number of rotatable bonds is 1. The van der Waals surface area contributed by atoms with Gasteiger partial charge in [0.2, 0.25) is 0 Å². The van der Waals surface area contributed by atoms with E-state index in [1.54, 1.807) is 12.1 Å². The van der Waals surface area contributed by atoms with Gasteiger partial charge in [-0.3, -0.25) is 0 Å². The smallest absolute Gasteiger partial charge is 0.123 e. The fourth-order valence-corrected chi connectivity index (χ4v) is 2.23. The lowest BCUT2D eigenvalue weighted by molar-refractivity contribution is 0.135. The topological polar surface area (TPSA) is 35.2 Å². The van der Waals surface area contributed by atoms with Crippen LogP contribution < -0.4 is 10.5 Å². The van der Waals surface area contributed by atoms with Crippen LogP contribution in [0, 0.1) is 5.82 Å². The summed E-state index contributed by atoms with van der Waals surface area (Å²) in [6, 6.07) is 4.71. The van der Waals surface area contributed by atoms with Gasteiger partial charge in [0.15, 0.2) is 0 Å². The molecule has 88 valence electrons. The van der Waals surface area contributed by atoms with E-state index >= 15 is 0 Å². The molecule has 1 saturated carbocycles. The molecule has 2 N–H and O–H groups in total. The van der Waals surface area contributed by atoms with Crippen molar-refractivity contribution in [1.82, 2.24) is 0 Å². The van der Waals surface area contributed by atoms with E-state index in [2.05, 4.69) is 0 Å². The summed E-state index contributed by atoms with van der Waals surface area (Å²) in [6.45, 7) is 0. The molecule has 2 aliphatic rings. The Morgan fingerprint density at radius 2 is 2.12 bits per heavy atom. The van der Waals surface area contributed by atoms with Crippen molar-refractivity contribution < 1.29 is 9.13 Å². The van der Waals surface area contributed by atoms with Gasteiger partial charge in [-0.2, -0.15) is 0 Å². The molecule has 1 unspecified atom stereocenters. The van der Waals surface area contributed by atoms with E-state index in [1.165, 1.54) is 6.07 Å². The van der Waals surface area contributed by atoms with Crippen LogP contribution in [0.4, 0.5) is 4.39 Å². The van der Waals surface area contributed by atoms with Crippen molar-refractivity contribution >= 4 is 12.4 Å². The largest absolute Gasteiger partial charge is 0.488 e. The molecule has 1 fully saturated rings. The Balaban J connectivity index is 0.000000963. The maximum absolute atomic E-state index is 13.0. The predicted octanol–water partition coefficient (Wildman–Crippen LogP) is 2.43. The fraction of sp³-hybridized carbons (Fsp3) is 0.500. The van der Waals surface area contributed by atoms with Crippen molar-refractivity contribution in [3.63, 3.8) is 0 Å². The zero-order chi connectivity index (χ0) is 10.5. The first-order valence-electron chi connectivity index (χ1n) is 5.41. The maximum atomic E-state index is 13.0. The summed E-state index contributed by atoms with van der Waals surface area (Å²) in [5, 5.41) is 0. The molecule has 0 amide bonds. The zero-order valence-electron chi connectivity index (χ0n) is 8.91. The third-order valence-electron chi connectivity index (χ3n) is 3.44. The summed E-state index contributed by atoms with van der Waals surface area (Å²) in [5.74, 6) is 0.619. The minimum Gasteiger partial charge on any atom is -0.488 e. The van der Waals surface area contributed by atoms with Gasteiger partial charge in [0.1, 0.15) is 17.7 Å². The zero-order valence-corrected chi connectivity index (χ0v) is 9.73. The fourth-order valence-electron chi connectivity index (χ4n) is 2.23. The molecule has 16 heavy (non-hydrogen) atoms. The van der Waals surface area contributed by atoms with Crippen molar-refractivity contribution in [2.24, 2.45) is 5.73 Å². The van der Waals surface area contributed by atoms with Gasteiger partial charge in [0.05, 0.1) is 5.54 Å². The second-order valence-electron chi connectivity index (χ2n) is 4.63. The molecule has 1 atom stereocenters. The molecule has 0 saturated heterocycles. The van der Waals surface area contributed by atoms with E-state index in [-0.39, 0.29) is 29.9 Å². The molecule has 1 aromatic carbocycles. The average molecular weight is 244 g/mol. The normalized spacial score (nSPS) is 25.0. The minimum absolute atomic E-state index is 0. The van der Waals surface area contributed by atoms with Crippen LogP contribution in [0.5, 0.6) is 5.75 Å². The molecule has 4 heteroatoms. The minimum atomic E-state index is -0.190. The number of halogens is 2. The van der Waals surface area contributed by atoms with Gasteiger partial charge in [-0.15, -0.1) is 12.4 Å². The van der Waals surface area contributed by atoms with Crippen LogP contribution in [0.25, 0.3) is 0 Å². The maximum Gasteiger partial charge on any atom is 0.123 e. The monoisotopic (exact) mass is 243 g/mol. The number of hydrogen-bond acceptors (Lipinski definition) is 2. The molecule has 0 aromatic heterocycles. The number of benzene rings is 1. The highest BCUT2D eigenvalue weighted by Crippen LogP contribution is 2.42. The van der Waals surface area contributed by atoms with Gasteiger partial charge >= 0.3 is 0 Å². The highest BCUT2D eigenvalue weighted by atomic mass is 35.5. The van der Waals surface area contributed by atoms with Gasteiger partial charge in [-0.1, -0.05) is 0 Å². The van der Waals surface area contributed by atoms with Crippen LogP contribution in [0.15, 0.2) is 18.2 Å². The Hall–Kier alpha value is -0.800. The van der Waals surface area contributed by atoms with Crippen LogP contribution in [0.3, 0.4) is 0 Å². The van der Waals surface area contributed by atoms with E-state index in [0.717, 1.165) is 37.0 Å². The quantitative estimate of drug-likeness (QED) is 0.822. The predicted molar refractivity (Wildman–Crippen MR) is 62.5 cm³/mol. The van der Waals surface area contributed by atoms with Gasteiger partial charge < -0.3 is 10.5 Å². The van der Waals surface area contributed by atoms with Crippen molar-refractivity contribution in [1.29, 1.82) is 0 Å². The molecule has 1 aromatic rings. The Bertz CT molecular complexity index is 406. The van der Waals surface area contributed by atoms with Gasteiger partial charge in [0.25, 0.3) is 0 Å². The van der Waals surface area contributed by atoms with Crippen molar-refractivity contribution in [2.45, 2.75) is 37.3 Å². The summed E-state index contributed by atoms with van der Waals surface area (Å²) in [4.78, 5) is 0. The lowest BCUT2D eigenvalue weighted by atomic mass is 9.97. The molecule has 1 aliphatic carbocycles. The van der Waals surface area contributed by atoms with Gasteiger partial charge in [0, 0.05) is 0 Å². The molecular weight excluding hydrogens is 229 g/mol. The number of fused-ring (bicyclic) bond motifs is 1. The van der Waals surface area contributed by atoms with Crippen LogP contribution in [0.2, 0.25) is 0 Å². The second-order valence-corrected chi connectivity index (χ2v) is 4.63. The second kappa shape index (κ2) is 3.90. The Labute approximate surface area is 100 Å². The lowest BCUT2D eigenvalue weighted by Crippen LogP contribution is -2.43. The SMILES string of the molecule is Cl.NC1(C2CCc3cc(F)ccc3O2)CC1. The molecule has 1 aliphatic heterocycles. The third kappa shape index (κ3) is 1.89. The van der Waals surface area contributed by atoms with E-state index in [1.807, 2.05) is 0 Å². The first-order valence-corrected chi connectivity index (χ1v) is 5.41. The summed E-state index contributed by atoms with van der Waals surface area (Å²) in [6.07, 6.45) is 4.00. The standard InChI is InChI=1S/C12H14FNO.ClH/c13-9-2-3-10-8(7-9)1-4-11(15-10)12(14)5-6-12;/h2-3,7,11H,1,4-6,14H2;1H. The van der Waals surface area contributed by atoms with Crippen molar-refractivity contribution in [3.05, 3.63) is 29.6 Å². The summed E-state index contributed by atoms with van der Waals surface area (Å²) >= 11 is 0. The van der Waals surface area contributed by atoms with E-state index in [0.29, 0.717) is 0 Å². The van der Waals surface area contributed by atoms with E-state index in [9.17, 15) is 4.39 Å².